The Bertz CT molecular complexity index is 619. The second-order valence-electron chi connectivity index (χ2n) is 5.74. The molecule has 0 spiro atoms. The van der Waals surface area contributed by atoms with E-state index in [0.717, 1.165) is 18.0 Å². The van der Waals surface area contributed by atoms with Crippen molar-refractivity contribution in [2.24, 2.45) is 5.92 Å². The Kier molecular flexibility index (Phi) is 4.32. The molecule has 4 heteroatoms. The number of nitrogens with zero attached hydrogens (tertiary/aromatic N) is 1. The van der Waals surface area contributed by atoms with Gasteiger partial charge in [-0.15, -0.1) is 0 Å². The summed E-state index contributed by atoms with van der Waals surface area (Å²) in [5.74, 6) is 0.416. The monoisotopic (exact) mass is 306 g/mol. The van der Waals surface area contributed by atoms with Crippen LogP contribution in [0.1, 0.15) is 36.9 Å². The summed E-state index contributed by atoms with van der Waals surface area (Å²) < 4.78 is 15.6. The lowest BCUT2D eigenvalue weighted by molar-refractivity contribution is 0.495. The average molecular weight is 307 g/mol. The van der Waals surface area contributed by atoms with E-state index in [2.05, 4.69) is 35.3 Å². The molecule has 1 aliphatic rings. The van der Waals surface area contributed by atoms with Crippen LogP contribution in [-0.4, -0.2) is 11.1 Å². The number of benzene rings is 1. The molecule has 1 heterocycles. The standard InChI is InChI=1S/C17H20ClFN2/c1-2-20-17(13-4-5-13)14-7-8-21(11-14)10-12-3-6-15(18)16(19)9-12/h3,6-9,11,13,17,20H,2,4-5,10H2,1H3. The molecule has 2 nitrogen and oxygen atoms in total. The van der Waals surface area contributed by atoms with Crippen LogP contribution >= 0.6 is 11.6 Å². The first-order chi connectivity index (χ1) is 10.2. The molecule has 1 N–H and O–H groups in total. The number of hydrogen-bond acceptors (Lipinski definition) is 1. The van der Waals surface area contributed by atoms with Crippen LogP contribution < -0.4 is 5.32 Å². The number of hydrogen-bond donors (Lipinski definition) is 1. The third-order valence-corrected chi connectivity index (χ3v) is 4.31. The van der Waals surface area contributed by atoms with Crippen molar-refractivity contribution in [3.63, 3.8) is 0 Å². The van der Waals surface area contributed by atoms with Gasteiger partial charge in [0.2, 0.25) is 0 Å². The van der Waals surface area contributed by atoms with Gasteiger partial charge in [-0.25, -0.2) is 4.39 Å². The Balaban J connectivity index is 1.73. The van der Waals surface area contributed by atoms with Crippen LogP contribution in [0.3, 0.4) is 0 Å². The van der Waals surface area contributed by atoms with Gasteiger partial charge in [0.25, 0.3) is 0 Å². The summed E-state index contributed by atoms with van der Waals surface area (Å²) in [6, 6.07) is 7.61. The highest BCUT2D eigenvalue weighted by molar-refractivity contribution is 6.30. The Labute approximate surface area is 129 Å². The van der Waals surface area contributed by atoms with E-state index in [9.17, 15) is 4.39 Å². The Morgan fingerprint density at radius 1 is 1.38 bits per heavy atom. The fourth-order valence-corrected chi connectivity index (χ4v) is 2.91. The molecule has 2 aromatic rings. The Morgan fingerprint density at radius 2 is 2.19 bits per heavy atom. The highest BCUT2D eigenvalue weighted by Crippen LogP contribution is 2.41. The average Bonchev–Trinajstić information content (AvgIpc) is 3.20. The van der Waals surface area contributed by atoms with E-state index >= 15 is 0 Å². The Morgan fingerprint density at radius 3 is 2.86 bits per heavy atom. The first-order valence-electron chi connectivity index (χ1n) is 7.50. The van der Waals surface area contributed by atoms with Crippen molar-refractivity contribution in [3.8, 4) is 0 Å². The van der Waals surface area contributed by atoms with Gasteiger partial charge in [-0.05, 0) is 54.6 Å². The van der Waals surface area contributed by atoms with Crippen molar-refractivity contribution in [2.75, 3.05) is 6.54 Å². The molecule has 0 saturated heterocycles. The highest BCUT2D eigenvalue weighted by atomic mass is 35.5. The van der Waals surface area contributed by atoms with Crippen molar-refractivity contribution in [1.82, 2.24) is 9.88 Å². The molecule has 1 saturated carbocycles. The van der Waals surface area contributed by atoms with Crippen LogP contribution in [0, 0.1) is 11.7 Å². The predicted molar refractivity (Wildman–Crippen MR) is 84.1 cm³/mol. The zero-order valence-corrected chi connectivity index (χ0v) is 12.9. The van der Waals surface area contributed by atoms with Crippen molar-refractivity contribution in [3.05, 3.63) is 58.6 Å². The summed E-state index contributed by atoms with van der Waals surface area (Å²) in [5, 5.41) is 3.74. The molecular weight excluding hydrogens is 287 g/mol. The summed E-state index contributed by atoms with van der Waals surface area (Å²) in [5.41, 5.74) is 2.25. The van der Waals surface area contributed by atoms with Gasteiger partial charge in [-0.2, -0.15) is 0 Å². The lowest BCUT2D eigenvalue weighted by Crippen LogP contribution is -2.22. The van der Waals surface area contributed by atoms with Crippen LogP contribution in [-0.2, 0) is 6.54 Å². The smallest absolute Gasteiger partial charge is 0.142 e. The Hall–Kier alpha value is -1.32. The van der Waals surface area contributed by atoms with Gasteiger partial charge in [0, 0.05) is 25.0 Å². The molecule has 1 atom stereocenters. The van der Waals surface area contributed by atoms with E-state index in [-0.39, 0.29) is 10.8 Å². The van der Waals surface area contributed by atoms with E-state index < -0.39 is 0 Å². The molecule has 0 aliphatic heterocycles. The van der Waals surface area contributed by atoms with Gasteiger partial charge in [0.15, 0.2) is 0 Å². The number of aromatic nitrogens is 1. The van der Waals surface area contributed by atoms with Crippen molar-refractivity contribution >= 4 is 11.6 Å². The molecule has 1 aromatic heterocycles. The summed E-state index contributed by atoms with van der Waals surface area (Å²) in [7, 11) is 0. The van der Waals surface area contributed by atoms with Gasteiger partial charge in [0.05, 0.1) is 5.02 Å². The lowest BCUT2D eigenvalue weighted by atomic mass is 10.1. The van der Waals surface area contributed by atoms with Crippen LogP contribution in [0.4, 0.5) is 4.39 Å². The number of halogens is 2. The molecule has 1 unspecified atom stereocenters. The van der Waals surface area contributed by atoms with Crippen molar-refractivity contribution in [1.29, 1.82) is 0 Å². The van der Waals surface area contributed by atoms with Gasteiger partial charge >= 0.3 is 0 Å². The fourth-order valence-electron chi connectivity index (χ4n) is 2.80. The SMILES string of the molecule is CCNC(c1ccn(Cc2ccc(Cl)c(F)c2)c1)C1CC1. The van der Waals surface area contributed by atoms with Gasteiger partial charge in [-0.3, -0.25) is 0 Å². The summed E-state index contributed by atoms with van der Waals surface area (Å²) >= 11 is 5.72. The topological polar surface area (TPSA) is 17.0 Å². The number of rotatable bonds is 6. The normalized spacial score (nSPS) is 16.1. The maximum absolute atomic E-state index is 13.5. The molecular formula is C17H20ClFN2. The number of nitrogens with one attached hydrogen (secondary N) is 1. The summed E-state index contributed by atoms with van der Waals surface area (Å²) in [4.78, 5) is 0. The predicted octanol–water partition coefficient (Wildman–Crippen LogP) is 4.39. The first kappa shape index (κ1) is 14.6. The van der Waals surface area contributed by atoms with Gasteiger partial charge in [0.1, 0.15) is 5.82 Å². The van der Waals surface area contributed by atoms with Gasteiger partial charge < -0.3 is 9.88 Å². The van der Waals surface area contributed by atoms with E-state index in [4.69, 9.17) is 11.6 Å². The van der Waals surface area contributed by atoms with E-state index in [1.165, 1.54) is 24.5 Å². The van der Waals surface area contributed by atoms with E-state index in [1.54, 1.807) is 6.07 Å². The zero-order chi connectivity index (χ0) is 14.8. The lowest BCUT2D eigenvalue weighted by Gasteiger charge is -2.15. The minimum Gasteiger partial charge on any atom is -0.350 e. The van der Waals surface area contributed by atoms with Crippen molar-refractivity contribution < 1.29 is 4.39 Å². The molecule has 112 valence electrons. The van der Waals surface area contributed by atoms with E-state index in [0.29, 0.717) is 12.6 Å². The molecule has 0 radical (unpaired) electrons. The molecule has 1 fully saturated rings. The quantitative estimate of drug-likeness (QED) is 0.837. The third-order valence-electron chi connectivity index (χ3n) is 4.00. The maximum atomic E-state index is 13.5. The van der Waals surface area contributed by atoms with E-state index in [1.807, 2.05) is 6.07 Å². The van der Waals surface area contributed by atoms with Crippen LogP contribution in [0.5, 0.6) is 0 Å². The highest BCUT2D eigenvalue weighted by Gasteiger charge is 2.31. The largest absolute Gasteiger partial charge is 0.350 e. The summed E-state index contributed by atoms with van der Waals surface area (Å²) in [6.45, 7) is 3.79. The molecule has 1 aliphatic carbocycles. The summed E-state index contributed by atoms with van der Waals surface area (Å²) in [6.07, 6.45) is 6.85. The molecule has 21 heavy (non-hydrogen) atoms. The molecule has 3 rings (SSSR count). The zero-order valence-electron chi connectivity index (χ0n) is 12.2. The minimum atomic E-state index is -0.356. The second-order valence-corrected chi connectivity index (χ2v) is 6.15. The molecule has 0 amide bonds. The maximum Gasteiger partial charge on any atom is 0.142 e. The van der Waals surface area contributed by atoms with Gasteiger partial charge in [-0.1, -0.05) is 24.6 Å². The minimum absolute atomic E-state index is 0.174. The van der Waals surface area contributed by atoms with Crippen molar-refractivity contribution in [2.45, 2.75) is 32.4 Å². The van der Waals surface area contributed by atoms with Crippen LogP contribution in [0.25, 0.3) is 0 Å². The van der Waals surface area contributed by atoms with Crippen LogP contribution in [0.2, 0.25) is 5.02 Å². The molecule has 0 bridgehead atoms. The van der Waals surface area contributed by atoms with Crippen LogP contribution in [0.15, 0.2) is 36.7 Å². The third kappa shape index (κ3) is 3.47. The fraction of sp³-hybridized carbons (Fsp3) is 0.412. The molecule has 1 aromatic carbocycles. The first-order valence-corrected chi connectivity index (χ1v) is 7.88. The second kappa shape index (κ2) is 6.20.